The third-order valence-corrected chi connectivity index (χ3v) is 7.01. The molecule has 6 nitrogen and oxygen atoms in total. The highest BCUT2D eigenvalue weighted by Gasteiger charge is 2.30. The Hall–Kier alpha value is -3.29. The second kappa shape index (κ2) is 12.7. The van der Waals surface area contributed by atoms with Gasteiger partial charge < -0.3 is 10.1 Å². The van der Waals surface area contributed by atoms with Gasteiger partial charge in [-0.25, -0.2) is 14.8 Å². The van der Waals surface area contributed by atoms with E-state index < -0.39 is 17.6 Å². The number of rotatable bonds is 9. The number of carbonyl (C=O) groups is 1. The lowest BCUT2D eigenvalue weighted by molar-refractivity contribution is -0.137. The zero-order valence-electron chi connectivity index (χ0n) is 19.7. The maximum atomic E-state index is 13.4. The zero-order valence-corrected chi connectivity index (χ0v) is 23.7. The molecule has 2 N–H and O–H groups in total. The summed E-state index contributed by atoms with van der Waals surface area (Å²) in [5, 5.41) is 8.78. The number of anilines is 2. The van der Waals surface area contributed by atoms with Crippen LogP contribution in [0.5, 0.6) is 5.75 Å². The predicted molar refractivity (Wildman–Crippen MR) is 149 cm³/mol. The maximum absolute atomic E-state index is 13.4. The summed E-state index contributed by atoms with van der Waals surface area (Å²) in [5.41, 5.74) is 3.67. The third-order valence-electron chi connectivity index (χ3n) is 5.03. The highest BCUT2D eigenvalue weighted by Crippen LogP contribution is 2.35. The Morgan fingerprint density at radius 2 is 1.82 bits per heavy atom. The van der Waals surface area contributed by atoms with E-state index in [9.17, 15) is 22.4 Å². The van der Waals surface area contributed by atoms with E-state index in [1.165, 1.54) is 41.8 Å². The first-order valence-corrected chi connectivity index (χ1v) is 13.6. The van der Waals surface area contributed by atoms with Crippen molar-refractivity contribution < 1.29 is 27.1 Å². The standard InChI is InChI=1S/C26H18Br2F4N4O2S/c27-21-8-16(9-22(28)24(21)38-13-15-3-1-5-18(29)7-15)12-33-36-23(37)11-20-14-39-25(35-20)34-19-6-2-4-17(10-19)26(30,31)32/h1-10,12,14H,11,13H2,(H,34,35)(H,36,37)/b33-12-. The fourth-order valence-electron chi connectivity index (χ4n) is 3.30. The lowest BCUT2D eigenvalue weighted by Crippen LogP contribution is -2.19. The number of aromatic nitrogens is 1. The van der Waals surface area contributed by atoms with Crippen LogP contribution < -0.4 is 15.5 Å². The number of amides is 1. The van der Waals surface area contributed by atoms with E-state index in [4.69, 9.17) is 4.74 Å². The largest absolute Gasteiger partial charge is 0.487 e. The lowest BCUT2D eigenvalue weighted by atomic mass is 10.2. The van der Waals surface area contributed by atoms with Gasteiger partial charge in [0.15, 0.2) is 5.13 Å². The number of nitrogens with one attached hydrogen (secondary N) is 2. The van der Waals surface area contributed by atoms with Crippen molar-refractivity contribution in [3.8, 4) is 5.75 Å². The van der Waals surface area contributed by atoms with Crippen LogP contribution >= 0.6 is 43.2 Å². The van der Waals surface area contributed by atoms with Crippen molar-refractivity contribution in [3.05, 3.63) is 103 Å². The van der Waals surface area contributed by atoms with Gasteiger partial charge >= 0.3 is 6.18 Å². The lowest BCUT2D eigenvalue weighted by Gasteiger charge is -2.11. The highest BCUT2D eigenvalue weighted by atomic mass is 79.9. The number of alkyl halides is 3. The monoisotopic (exact) mass is 684 g/mol. The minimum absolute atomic E-state index is 0.0711. The normalized spacial score (nSPS) is 11.5. The van der Waals surface area contributed by atoms with Crippen molar-refractivity contribution in [1.82, 2.24) is 10.4 Å². The number of benzene rings is 3. The van der Waals surface area contributed by atoms with Crippen LogP contribution in [0.2, 0.25) is 0 Å². The Kier molecular flexibility index (Phi) is 9.36. The molecule has 0 fully saturated rings. The van der Waals surface area contributed by atoms with E-state index in [-0.39, 0.29) is 24.5 Å². The van der Waals surface area contributed by atoms with Crippen LogP contribution in [0.25, 0.3) is 0 Å². The number of thiazole rings is 1. The Labute approximate surface area is 241 Å². The summed E-state index contributed by atoms with van der Waals surface area (Å²) in [5.74, 6) is -0.237. The summed E-state index contributed by atoms with van der Waals surface area (Å²) in [7, 11) is 0. The number of hydrogen-bond acceptors (Lipinski definition) is 6. The molecule has 3 aromatic carbocycles. The van der Waals surface area contributed by atoms with E-state index in [1.807, 2.05) is 0 Å². The molecular weight excluding hydrogens is 668 g/mol. The molecule has 0 atom stereocenters. The zero-order chi connectivity index (χ0) is 28.0. The van der Waals surface area contributed by atoms with Gasteiger partial charge in [0.1, 0.15) is 18.2 Å². The van der Waals surface area contributed by atoms with E-state index in [1.54, 1.807) is 29.6 Å². The second-order valence-electron chi connectivity index (χ2n) is 8.05. The smallest absolute Gasteiger partial charge is 0.416 e. The van der Waals surface area contributed by atoms with Gasteiger partial charge in [-0.05, 0) is 85.5 Å². The second-order valence-corrected chi connectivity index (χ2v) is 10.6. The molecule has 0 spiro atoms. The van der Waals surface area contributed by atoms with Gasteiger partial charge in [0, 0.05) is 11.1 Å². The molecule has 13 heteroatoms. The topological polar surface area (TPSA) is 75.6 Å². The number of ether oxygens (including phenoxy) is 1. The summed E-state index contributed by atoms with van der Waals surface area (Å²) in [6.07, 6.45) is -3.07. The minimum atomic E-state index is -4.45. The Bertz CT molecular complexity index is 1490. The van der Waals surface area contributed by atoms with Gasteiger partial charge in [0.2, 0.25) is 5.91 Å². The summed E-state index contributed by atoms with van der Waals surface area (Å²) in [4.78, 5) is 16.5. The van der Waals surface area contributed by atoms with Gasteiger partial charge in [0.25, 0.3) is 0 Å². The van der Waals surface area contributed by atoms with Gasteiger partial charge in [-0.3, -0.25) is 4.79 Å². The third kappa shape index (κ3) is 8.35. The predicted octanol–water partition coefficient (Wildman–Crippen LogP) is 7.84. The molecule has 1 aromatic heterocycles. The van der Waals surface area contributed by atoms with E-state index in [0.29, 0.717) is 36.6 Å². The maximum Gasteiger partial charge on any atom is 0.416 e. The van der Waals surface area contributed by atoms with Crippen molar-refractivity contribution in [2.45, 2.75) is 19.2 Å². The van der Waals surface area contributed by atoms with Crippen LogP contribution in [-0.4, -0.2) is 17.1 Å². The first kappa shape index (κ1) is 28.7. The molecule has 0 unspecified atom stereocenters. The molecule has 202 valence electrons. The van der Waals surface area contributed by atoms with Crippen LogP contribution in [0.4, 0.5) is 28.4 Å². The van der Waals surface area contributed by atoms with Crippen LogP contribution in [0.15, 0.2) is 80.1 Å². The molecule has 0 aliphatic rings. The Morgan fingerprint density at radius 3 is 2.54 bits per heavy atom. The van der Waals surface area contributed by atoms with Crippen molar-refractivity contribution in [3.63, 3.8) is 0 Å². The van der Waals surface area contributed by atoms with E-state index in [2.05, 4.69) is 52.7 Å². The van der Waals surface area contributed by atoms with Crippen molar-refractivity contribution >= 4 is 66.1 Å². The Balaban J connectivity index is 1.30. The molecule has 0 bridgehead atoms. The molecule has 0 saturated heterocycles. The van der Waals surface area contributed by atoms with Gasteiger partial charge in [-0.1, -0.05) is 18.2 Å². The molecule has 1 heterocycles. The molecule has 1 amide bonds. The molecular formula is C26H18Br2F4N4O2S. The molecule has 0 aliphatic heterocycles. The summed E-state index contributed by atoms with van der Waals surface area (Å²) >= 11 is 8.05. The summed E-state index contributed by atoms with van der Waals surface area (Å²) in [6.45, 7) is 0.173. The number of carbonyl (C=O) groups excluding carboxylic acids is 1. The molecule has 0 radical (unpaired) electrons. The molecule has 0 aliphatic carbocycles. The van der Waals surface area contributed by atoms with Crippen molar-refractivity contribution in [2.24, 2.45) is 5.10 Å². The highest BCUT2D eigenvalue weighted by molar-refractivity contribution is 9.11. The number of hydrazone groups is 1. The SMILES string of the molecule is O=C(Cc1csc(Nc2cccc(C(F)(F)F)c2)n1)N/N=C\c1cc(Br)c(OCc2cccc(F)c2)c(Br)c1. The first-order valence-electron chi connectivity index (χ1n) is 11.1. The van der Waals surface area contributed by atoms with Gasteiger partial charge in [-0.2, -0.15) is 18.3 Å². The fraction of sp³-hybridized carbons (Fsp3) is 0.115. The summed E-state index contributed by atoms with van der Waals surface area (Å²) in [6, 6.07) is 14.4. The number of halogens is 6. The Morgan fingerprint density at radius 1 is 1.08 bits per heavy atom. The molecule has 39 heavy (non-hydrogen) atoms. The van der Waals surface area contributed by atoms with Crippen LogP contribution in [-0.2, 0) is 24.0 Å². The average Bonchev–Trinajstić information content (AvgIpc) is 3.29. The number of hydrogen-bond donors (Lipinski definition) is 2. The molecule has 4 rings (SSSR count). The average molecular weight is 686 g/mol. The number of nitrogens with zero attached hydrogens (tertiary/aromatic N) is 2. The quantitative estimate of drug-likeness (QED) is 0.107. The van der Waals surface area contributed by atoms with Crippen LogP contribution in [0, 0.1) is 5.82 Å². The van der Waals surface area contributed by atoms with Gasteiger partial charge in [0.05, 0.1) is 32.8 Å². The fourth-order valence-corrected chi connectivity index (χ4v) is 5.48. The van der Waals surface area contributed by atoms with E-state index >= 15 is 0 Å². The van der Waals surface area contributed by atoms with Crippen molar-refractivity contribution in [1.29, 1.82) is 0 Å². The van der Waals surface area contributed by atoms with Crippen LogP contribution in [0.3, 0.4) is 0 Å². The van der Waals surface area contributed by atoms with E-state index in [0.717, 1.165) is 12.1 Å². The minimum Gasteiger partial charge on any atom is -0.487 e. The van der Waals surface area contributed by atoms with Crippen molar-refractivity contribution in [2.75, 3.05) is 5.32 Å². The van der Waals surface area contributed by atoms with Crippen LogP contribution in [0.1, 0.15) is 22.4 Å². The molecule has 0 saturated carbocycles. The van der Waals surface area contributed by atoms with Gasteiger partial charge in [-0.15, -0.1) is 11.3 Å². The molecule has 4 aromatic rings. The first-order chi connectivity index (χ1) is 18.6. The summed E-state index contributed by atoms with van der Waals surface area (Å²) < 4.78 is 59.1.